The van der Waals surface area contributed by atoms with Crippen molar-refractivity contribution in [2.45, 2.75) is 103 Å². The number of aliphatic hydroxyl groups is 3. The molecule has 5 aliphatic rings. The van der Waals surface area contributed by atoms with Crippen molar-refractivity contribution in [3.05, 3.63) is 0 Å². The number of Topliss-reactive ketones (excluding diaryl/α,β-unsaturated/α-hetero) is 2. The molecule has 6 heteroatoms. The quantitative estimate of drug-likeness (QED) is 0.502. The van der Waals surface area contributed by atoms with Gasteiger partial charge in [-0.3, -0.25) is 9.59 Å². The fraction of sp³-hybridized carbons (Fsp3) is 0.926. The predicted molar refractivity (Wildman–Crippen MR) is 127 cm³/mol. The SMILES string of the molecule is C1CCCNCC1.C[C@]12CC[C@@H](O)C[C@H]1CC[C@@H]1[C@@H]2C(=O)C[C@@]2(C)[C@H]1CC[C@]2(O)C(=O)CO. The van der Waals surface area contributed by atoms with Gasteiger partial charge in [-0.15, -0.1) is 0 Å². The van der Waals surface area contributed by atoms with Gasteiger partial charge in [-0.2, -0.15) is 0 Å². The Morgan fingerprint density at radius 2 is 1.73 bits per heavy atom. The molecule has 0 spiro atoms. The molecular weight excluding hydrogens is 418 g/mol. The maximum atomic E-state index is 13.4. The average Bonchev–Trinajstić information content (AvgIpc) is 2.98. The van der Waals surface area contributed by atoms with E-state index in [0.717, 1.165) is 38.5 Å². The Labute approximate surface area is 198 Å². The molecule has 0 radical (unpaired) electrons. The first-order valence-corrected chi connectivity index (χ1v) is 13.5. The van der Waals surface area contributed by atoms with Crippen molar-refractivity contribution in [1.82, 2.24) is 5.32 Å². The Kier molecular flexibility index (Phi) is 7.41. The molecule has 0 unspecified atom stereocenters. The Balaban J connectivity index is 0.000000318. The monoisotopic (exact) mass is 463 g/mol. The Bertz CT molecular complexity index is 722. The molecule has 4 saturated carbocycles. The number of fused-ring (bicyclic) bond motifs is 5. The van der Waals surface area contributed by atoms with Gasteiger partial charge in [0.2, 0.25) is 0 Å². The van der Waals surface area contributed by atoms with Crippen molar-refractivity contribution < 1.29 is 24.9 Å². The van der Waals surface area contributed by atoms with Crippen LogP contribution in [0.5, 0.6) is 0 Å². The van der Waals surface area contributed by atoms with E-state index in [2.05, 4.69) is 12.2 Å². The van der Waals surface area contributed by atoms with E-state index >= 15 is 0 Å². The van der Waals surface area contributed by atoms with Crippen molar-refractivity contribution >= 4 is 11.6 Å². The molecule has 4 N–H and O–H groups in total. The van der Waals surface area contributed by atoms with Crippen LogP contribution in [0.4, 0.5) is 0 Å². The zero-order chi connectivity index (χ0) is 23.9. The Morgan fingerprint density at radius 3 is 2.39 bits per heavy atom. The number of rotatable bonds is 2. The maximum Gasteiger partial charge on any atom is 0.190 e. The fourth-order valence-electron chi connectivity index (χ4n) is 8.62. The molecule has 0 bridgehead atoms. The van der Waals surface area contributed by atoms with Crippen molar-refractivity contribution in [3.63, 3.8) is 0 Å². The van der Waals surface area contributed by atoms with Crippen LogP contribution < -0.4 is 5.32 Å². The highest BCUT2D eigenvalue weighted by molar-refractivity contribution is 5.92. The summed E-state index contributed by atoms with van der Waals surface area (Å²) in [6.07, 6.45) is 11.1. The normalized spacial score (nSPS) is 47.3. The number of aliphatic hydroxyl groups excluding tert-OH is 2. The third-order valence-electron chi connectivity index (χ3n) is 10.5. The average molecular weight is 464 g/mol. The highest BCUT2D eigenvalue weighted by Gasteiger charge is 2.68. The minimum absolute atomic E-state index is 0.0154. The standard InChI is InChI=1S/C21H32O5.C6H13N/c1-19-7-5-13(23)9-12(19)3-4-14-15-6-8-21(26,17(25)11-22)20(15,2)10-16(24)18(14)19;1-2-4-6-7-5-3-1/h12-15,18,22-23,26H,3-11H2,1-2H3;7H,1-6H2/t12-,13-,14+,15+,18-,19+,20+,21+;/m1./s1. The molecule has 5 fully saturated rings. The first kappa shape index (κ1) is 25.3. The third-order valence-corrected chi connectivity index (χ3v) is 10.5. The third kappa shape index (κ3) is 4.23. The first-order valence-electron chi connectivity index (χ1n) is 13.5. The molecule has 1 heterocycles. The van der Waals surface area contributed by atoms with Gasteiger partial charge in [-0.1, -0.05) is 26.7 Å². The van der Waals surface area contributed by atoms with E-state index < -0.39 is 23.4 Å². The molecular formula is C27H45NO5. The number of carbonyl (C=O) groups excluding carboxylic acids is 2. The summed E-state index contributed by atoms with van der Waals surface area (Å²) in [5.41, 5.74) is -2.40. The molecule has 0 aromatic rings. The molecule has 188 valence electrons. The van der Waals surface area contributed by atoms with E-state index in [0.29, 0.717) is 12.3 Å². The van der Waals surface area contributed by atoms with Crippen molar-refractivity contribution in [3.8, 4) is 0 Å². The van der Waals surface area contributed by atoms with Crippen molar-refractivity contribution in [2.75, 3.05) is 19.7 Å². The van der Waals surface area contributed by atoms with Gasteiger partial charge in [0, 0.05) is 17.8 Å². The van der Waals surface area contributed by atoms with Gasteiger partial charge in [-0.05, 0) is 94.0 Å². The molecule has 6 nitrogen and oxygen atoms in total. The van der Waals surface area contributed by atoms with E-state index in [9.17, 15) is 24.9 Å². The highest BCUT2D eigenvalue weighted by Crippen LogP contribution is 2.67. The molecule has 1 aliphatic heterocycles. The van der Waals surface area contributed by atoms with Gasteiger partial charge in [0.25, 0.3) is 0 Å². The van der Waals surface area contributed by atoms with Crippen molar-refractivity contribution in [1.29, 1.82) is 0 Å². The van der Waals surface area contributed by atoms with E-state index in [-0.39, 0.29) is 41.5 Å². The summed E-state index contributed by atoms with van der Waals surface area (Å²) in [6.45, 7) is 5.96. The lowest BCUT2D eigenvalue weighted by atomic mass is 9.44. The molecule has 33 heavy (non-hydrogen) atoms. The van der Waals surface area contributed by atoms with Crippen LogP contribution in [0.3, 0.4) is 0 Å². The zero-order valence-electron chi connectivity index (χ0n) is 20.7. The largest absolute Gasteiger partial charge is 0.393 e. The molecule has 0 amide bonds. The van der Waals surface area contributed by atoms with Crippen LogP contribution in [0.1, 0.15) is 90.9 Å². The smallest absolute Gasteiger partial charge is 0.190 e. The minimum atomic E-state index is -1.58. The van der Waals surface area contributed by atoms with Gasteiger partial charge in [-0.25, -0.2) is 0 Å². The van der Waals surface area contributed by atoms with Crippen LogP contribution in [0.2, 0.25) is 0 Å². The van der Waals surface area contributed by atoms with Gasteiger partial charge >= 0.3 is 0 Å². The van der Waals surface area contributed by atoms with E-state index in [4.69, 9.17) is 0 Å². The van der Waals surface area contributed by atoms with Crippen LogP contribution in [0.25, 0.3) is 0 Å². The summed E-state index contributed by atoms with van der Waals surface area (Å²) < 4.78 is 0. The second-order valence-corrected chi connectivity index (χ2v) is 12.2. The first-order chi connectivity index (χ1) is 15.7. The summed E-state index contributed by atoms with van der Waals surface area (Å²) in [5.74, 6) is 0.380. The number of hydrogen-bond donors (Lipinski definition) is 4. The number of nitrogens with one attached hydrogen (secondary N) is 1. The number of ketones is 2. The summed E-state index contributed by atoms with van der Waals surface area (Å²) in [4.78, 5) is 25.7. The zero-order valence-corrected chi connectivity index (χ0v) is 20.7. The maximum absolute atomic E-state index is 13.4. The Morgan fingerprint density at radius 1 is 1.03 bits per heavy atom. The van der Waals surface area contributed by atoms with Crippen LogP contribution in [0, 0.1) is 34.5 Å². The van der Waals surface area contributed by atoms with Crippen LogP contribution >= 0.6 is 0 Å². The minimum Gasteiger partial charge on any atom is -0.393 e. The van der Waals surface area contributed by atoms with E-state index in [1.54, 1.807) is 0 Å². The molecule has 0 aromatic carbocycles. The van der Waals surface area contributed by atoms with E-state index in [1.165, 1.54) is 38.8 Å². The van der Waals surface area contributed by atoms with Gasteiger partial charge in [0.15, 0.2) is 5.78 Å². The number of carbonyl (C=O) groups is 2. The lowest BCUT2D eigenvalue weighted by Crippen LogP contribution is -2.62. The molecule has 8 atom stereocenters. The fourth-order valence-corrected chi connectivity index (χ4v) is 8.62. The van der Waals surface area contributed by atoms with Crippen molar-refractivity contribution in [2.24, 2.45) is 34.5 Å². The van der Waals surface area contributed by atoms with Crippen LogP contribution in [0.15, 0.2) is 0 Å². The van der Waals surface area contributed by atoms with Gasteiger partial charge in [0.1, 0.15) is 18.0 Å². The topological polar surface area (TPSA) is 107 Å². The van der Waals surface area contributed by atoms with Crippen LogP contribution in [-0.4, -0.2) is 58.3 Å². The molecule has 4 aliphatic carbocycles. The molecule has 1 saturated heterocycles. The predicted octanol–water partition coefficient (Wildman–Crippen LogP) is 3.01. The lowest BCUT2D eigenvalue weighted by Gasteiger charge is -2.60. The molecule has 0 aromatic heterocycles. The second-order valence-electron chi connectivity index (χ2n) is 12.2. The highest BCUT2D eigenvalue weighted by atomic mass is 16.3. The summed E-state index contributed by atoms with van der Waals surface area (Å²) in [7, 11) is 0. The van der Waals surface area contributed by atoms with E-state index in [1.807, 2.05) is 6.92 Å². The summed E-state index contributed by atoms with van der Waals surface area (Å²) in [6, 6.07) is 0. The van der Waals surface area contributed by atoms with Gasteiger partial charge in [0.05, 0.1) is 6.10 Å². The van der Waals surface area contributed by atoms with Gasteiger partial charge < -0.3 is 20.6 Å². The summed E-state index contributed by atoms with van der Waals surface area (Å²) >= 11 is 0. The lowest BCUT2D eigenvalue weighted by molar-refractivity contribution is -0.180. The Hall–Kier alpha value is -0.820. The summed E-state index contributed by atoms with van der Waals surface area (Å²) in [5, 5.41) is 34.0. The number of hydrogen-bond acceptors (Lipinski definition) is 6. The van der Waals surface area contributed by atoms with Crippen LogP contribution in [-0.2, 0) is 9.59 Å². The molecule has 5 rings (SSSR count). The second kappa shape index (κ2) is 9.67.